The highest BCUT2D eigenvalue weighted by atomic mass is 32.1. The predicted molar refractivity (Wildman–Crippen MR) is 109 cm³/mol. The van der Waals surface area contributed by atoms with Crippen LogP contribution in [0, 0.1) is 0 Å². The molecular weight excluding hydrogens is 372 g/mol. The van der Waals surface area contributed by atoms with Crippen LogP contribution in [0.2, 0.25) is 0 Å². The number of aromatic nitrogens is 1. The third-order valence-electron chi connectivity index (χ3n) is 4.70. The molecule has 1 aliphatic heterocycles. The summed E-state index contributed by atoms with van der Waals surface area (Å²) >= 11 is 1.51. The lowest BCUT2D eigenvalue weighted by Gasteiger charge is -2.16. The summed E-state index contributed by atoms with van der Waals surface area (Å²) in [5.74, 6) is -0.171. The number of rotatable bonds is 4. The maximum atomic E-state index is 12.5. The molecule has 0 radical (unpaired) electrons. The fourth-order valence-corrected chi connectivity index (χ4v) is 3.82. The third kappa shape index (κ3) is 3.89. The van der Waals surface area contributed by atoms with Gasteiger partial charge in [0.1, 0.15) is 5.01 Å². The van der Waals surface area contributed by atoms with E-state index in [9.17, 15) is 9.59 Å². The second kappa shape index (κ2) is 7.82. The van der Waals surface area contributed by atoms with E-state index < -0.39 is 0 Å². The normalized spacial score (nSPS) is 13.7. The molecule has 0 fully saturated rings. The van der Waals surface area contributed by atoms with Gasteiger partial charge >= 0.3 is 6.03 Å². The SMILES string of the molecule is CC(NC(=O)c1ccc(NC(=O)N2Cc3ccccc3C2)cc1)c1nccs1. The molecule has 4 rings (SSSR count). The van der Waals surface area contributed by atoms with E-state index in [1.54, 1.807) is 35.4 Å². The van der Waals surface area contributed by atoms with E-state index in [4.69, 9.17) is 0 Å². The lowest BCUT2D eigenvalue weighted by atomic mass is 10.1. The molecule has 2 aromatic carbocycles. The van der Waals surface area contributed by atoms with E-state index in [1.165, 1.54) is 22.5 Å². The van der Waals surface area contributed by atoms with Crippen LogP contribution in [-0.4, -0.2) is 21.8 Å². The van der Waals surface area contributed by atoms with Crippen molar-refractivity contribution >= 4 is 29.0 Å². The summed E-state index contributed by atoms with van der Waals surface area (Å²) in [6.07, 6.45) is 1.72. The molecule has 2 N–H and O–H groups in total. The molecule has 142 valence electrons. The maximum absolute atomic E-state index is 12.5. The van der Waals surface area contributed by atoms with Crippen molar-refractivity contribution in [3.8, 4) is 0 Å². The number of carbonyl (C=O) groups excluding carboxylic acids is 2. The molecule has 28 heavy (non-hydrogen) atoms. The van der Waals surface area contributed by atoms with Crippen LogP contribution in [0.3, 0.4) is 0 Å². The molecule has 1 unspecified atom stereocenters. The average Bonchev–Trinajstić information content (AvgIpc) is 3.38. The Morgan fingerprint density at radius 2 is 1.75 bits per heavy atom. The van der Waals surface area contributed by atoms with E-state index in [2.05, 4.69) is 15.6 Å². The number of fused-ring (bicyclic) bond motifs is 1. The van der Waals surface area contributed by atoms with Crippen LogP contribution in [0.1, 0.15) is 39.5 Å². The first-order valence-corrected chi connectivity index (χ1v) is 9.91. The van der Waals surface area contributed by atoms with Crippen LogP contribution in [0.15, 0.2) is 60.1 Å². The Morgan fingerprint density at radius 1 is 1.07 bits per heavy atom. The highest BCUT2D eigenvalue weighted by Crippen LogP contribution is 2.23. The zero-order chi connectivity index (χ0) is 19.5. The smallest absolute Gasteiger partial charge is 0.322 e. The Morgan fingerprint density at radius 3 is 2.36 bits per heavy atom. The minimum absolute atomic E-state index is 0.147. The highest BCUT2D eigenvalue weighted by molar-refractivity contribution is 7.09. The van der Waals surface area contributed by atoms with Crippen molar-refractivity contribution in [1.29, 1.82) is 0 Å². The maximum Gasteiger partial charge on any atom is 0.322 e. The zero-order valence-corrected chi connectivity index (χ0v) is 16.2. The summed E-state index contributed by atoms with van der Waals surface area (Å²) in [7, 11) is 0. The van der Waals surface area contributed by atoms with E-state index in [0.29, 0.717) is 24.3 Å². The monoisotopic (exact) mass is 392 g/mol. The number of hydrogen-bond acceptors (Lipinski definition) is 4. The molecule has 7 heteroatoms. The fraction of sp³-hybridized carbons (Fsp3) is 0.190. The van der Waals surface area contributed by atoms with Crippen molar-refractivity contribution < 1.29 is 9.59 Å². The third-order valence-corrected chi connectivity index (χ3v) is 5.65. The molecule has 6 nitrogen and oxygen atoms in total. The summed E-state index contributed by atoms with van der Waals surface area (Å²) in [6.45, 7) is 3.12. The molecule has 1 aromatic heterocycles. The predicted octanol–water partition coefficient (Wildman–Crippen LogP) is 4.18. The summed E-state index contributed by atoms with van der Waals surface area (Å²) in [6, 6.07) is 14.7. The van der Waals surface area contributed by atoms with Crippen LogP contribution >= 0.6 is 11.3 Å². The number of carbonyl (C=O) groups is 2. The van der Waals surface area contributed by atoms with Crippen LogP contribution in [0.5, 0.6) is 0 Å². The largest absolute Gasteiger partial charge is 0.343 e. The second-order valence-electron chi connectivity index (χ2n) is 6.70. The summed E-state index contributed by atoms with van der Waals surface area (Å²) in [5.41, 5.74) is 3.55. The molecule has 0 bridgehead atoms. The number of nitrogens with zero attached hydrogens (tertiary/aromatic N) is 2. The van der Waals surface area contributed by atoms with Gasteiger partial charge in [0.05, 0.1) is 6.04 Å². The van der Waals surface area contributed by atoms with Gasteiger partial charge < -0.3 is 15.5 Å². The van der Waals surface area contributed by atoms with Gasteiger partial charge in [-0.1, -0.05) is 24.3 Å². The molecule has 0 saturated carbocycles. The number of anilines is 1. The Hall–Kier alpha value is -3.19. The number of hydrogen-bond donors (Lipinski definition) is 2. The molecule has 0 saturated heterocycles. The number of nitrogens with one attached hydrogen (secondary N) is 2. The molecule has 3 amide bonds. The van der Waals surface area contributed by atoms with Crippen molar-refractivity contribution in [2.75, 3.05) is 5.32 Å². The molecular formula is C21H20N4O2S. The van der Waals surface area contributed by atoms with Crippen molar-refractivity contribution in [3.63, 3.8) is 0 Å². The van der Waals surface area contributed by atoms with Gasteiger partial charge in [-0.2, -0.15) is 0 Å². The number of thiazole rings is 1. The summed E-state index contributed by atoms with van der Waals surface area (Å²) in [5, 5.41) is 8.57. The van der Waals surface area contributed by atoms with Crippen LogP contribution in [0.25, 0.3) is 0 Å². The summed E-state index contributed by atoms with van der Waals surface area (Å²) in [4.78, 5) is 30.9. The van der Waals surface area contributed by atoms with Crippen LogP contribution in [-0.2, 0) is 13.1 Å². The van der Waals surface area contributed by atoms with Gasteiger partial charge in [-0.3, -0.25) is 4.79 Å². The minimum atomic E-state index is -0.171. The van der Waals surface area contributed by atoms with Gasteiger partial charge in [0.25, 0.3) is 5.91 Å². The summed E-state index contributed by atoms with van der Waals surface area (Å²) < 4.78 is 0. The highest BCUT2D eigenvalue weighted by Gasteiger charge is 2.22. The number of benzene rings is 2. The first kappa shape index (κ1) is 18.2. The second-order valence-corrected chi connectivity index (χ2v) is 7.62. The van der Waals surface area contributed by atoms with Gasteiger partial charge in [0.15, 0.2) is 0 Å². The number of amides is 3. The molecule has 3 aromatic rings. The van der Waals surface area contributed by atoms with Gasteiger partial charge in [-0.15, -0.1) is 11.3 Å². The lowest BCUT2D eigenvalue weighted by Crippen LogP contribution is -2.30. The minimum Gasteiger partial charge on any atom is -0.343 e. The molecule has 0 spiro atoms. The molecule has 0 aliphatic carbocycles. The van der Waals surface area contributed by atoms with Crippen LogP contribution in [0.4, 0.5) is 10.5 Å². The van der Waals surface area contributed by atoms with Gasteiger partial charge in [-0.25, -0.2) is 9.78 Å². The Bertz CT molecular complexity index is 961. The van der Waals surface area contributed by atoms with E-state index in [1.807, 2.05) is 36.6 Å². The van der Waals surface area contributed by atoms with Crippen molar-refractivity contribution in [2.24, 2.45) is 0 Å². The van der Waals surface area contributed by atoms with Gasteiger partial charge in [-0.05, 0) is 42.3 Å². The standard InChI is InChI=1S/C21H20N4O2S/c1-14(20-22-10-11-28-20)23-19(26)15-6-8-18(9-7-15)24-21(27)25-12-16-4-2-3-5-17(16)13-25/h2-11,14H,12-13H2,1H3,(H,23,26)(H,24,27). The first-order chi connectivity index (χ1) is 13.6. The van der Waals surface area contributed by atoms with Crippen LogP contribution < -0.4 is 10.6 Å². The van der Waals surface area contributed by atoms with Crippen molar-refractivity contribution in [1.82, 2.24) is 15.2 Å². The average molecular weight is 392 g/mol. The van der Waals surface area contributed by atoms with E-state index in [0.717, 1.165) is 5.01 Å². The van der Waals surface area contributed by atoms with Crippen molar-refractivity contribution in [2.45, 2.75) is 26.1 Å². The number of urea groups is 1. The Balaban J connectivity index is 1.34. The van der Waals surface area contributed by atoms with Crippen molar-refractivity contribution in [3.05, 3.63) is 81.8 Å². The van der Waals surface area contributed by atoms with E-state index >= 15 is 0 Å². The molecule has 2 heterocycles. The first-order valence-electron chi connectivity index (χ1n) is 9.03. The fourth-order valence-electron chi connectivity index (χ4n) is 3.17. The van der Waals surface area contributed by atoms with E-state index in [-0.39, 0.29) is 18.0 Å². The Labute approximate surface area is 167 Å². The molecule has 1 aliphatic rings. The topological polar surface area (TPSA) is 74.3 Å². The zero-order valence-electron chi connectivity index (χ0n) is 15.4. The Kier molecular flexibility index (Phi) is 5.08. The molecule has 1 atom stereocenters. The van der Waals surface area contributed by atoms with Gasteiger partial charge in [0, 0.05) is 35.9 Å². The lowest BCUT2D eigenvalue weighted by molar-refractivity contribution is 0.0940. The quantitative estimate of drug-likeness (QED) is 0.699. The van der Waals surface area contributed by atoms with Gasteiger partial charge in [0.2, 0.25) is 0 Å².